The molecule has 2 N–H and O–H groups in total. The van der Waals surface area contributed by atoms with Gasteiger partial charge >= 0.3 is 5.97 Å². The summed E-state index contributed by atoms with van der Waals surface area (Å²) < 4.78 is 0. The summed E-state index contributed by atoms with van der Waals surface area (Å²) in [4.78, 5) is 13.2. The molecule has 0 spiro atoms. The smallest absolute Gasteiger partial charge is 0.305 e. The molecule has 0 aromatic heterocycles. The molecule has 0 saturated carbocycles. The van der Waals surface area contributed by atoms with E-state index < -0.39 is 5.97 Å². The Morgan fingerprint density at radius 1 is 1.62 bits per heavy atom. The van der Waals surface area contributed by atoms with E-state index in [1.54, 1.807) is 0 Å². The SMILES string of the molecule is CCC(CSC)N(C)C1(CC(=O)O)CNC1. The highest BCUT2D eigenvalue weighted by Gasteiger charge is 2.44. The Kier molecular flexibility index (Phi) is 5.08. The van der Waals surface area contributed by atoms with Crippen molar-refractivity contribution in [1.82, 2.24) is 10.2 Å². The molecule has 0 radical (unpaired) electrons. The zero-order chi connectivity index (χ0) is 12.2. The second kappa shape index (κ2) is 5.89. The third-order valence-electron chi connectivity index (χ3n) is 3.51. The Labute approximate surface area is 102 Å². The minimum Gasteiger partial charge on any atom is -0.481 e. The molecule has 1 heterocycles. The molecule has 0 aromatic carbocycles. The maximum Gasteiger partial charge on any atom is 0.305 e. The Morgan fingerprint density at radius 3 is 2.56 bits per heavy atom. The van der Waals surface area contributed by atoms with Crippen LogP contribution in [0.15, 0.2) is 0 Å². The summed E-state index contributed by atoms with van der Waals surface area (Å²) in [7, 11) is 2.06. The molecule has 5 heteroatoms. The molecule has 1 unspecified atom stereocenters. The molecule has 1 atom stereocenters. The molecule has 0 amide bonds. The fourth-order valence-electron chi connectivity index (χ4n) is 2.28. The van der Waals surface area contributed by atoms with Crippen LogP contribution in [0.3, 0.4) is 0 Å². The van der Waals surface area contributed by atoms with E-state index in [4.69, 9.17) is 5.11 Å². The largest absolute Gasteiger partial charge is 0.481 e. The molecule has 1 saturated heterocycles. The van der Waals surface area contributed by atoms with Crippen LogP contribution >= 0.6 is 11.8 Å². The summed E-state index contributed by atoms with van der Waals surface area (Å²) in [6.45, 7) is 3.75. The molecule has 0 aliphatic carbocycles. The molecular formula is C11H22N2O2S. The van der Waals surface area contributed by atoms with Crippen molar-refractivity contribution in [2.24, 2.45) is 0 Å². The van der Waals surface area contributed by atoms with E-state index in [9.17, 15) is 4.79 Å². The summed E-state index contributed by atoms with van der Waals surface area (Å²) in [6.07, 6.45) is 3.40. The van der Waals surface area contributed by atoms with Gasteiger partial charge in [-0.2, -0.15) is 11.8 Å². The summed E-state index contributed by atoms with van der Waals surface area (Å²) in [5.41, 5.74) is -0.164. The maximum atomic E-state index is 10.9. The lowest BCUT2D eigenvalue weighted by Crippen LogP contribution is -2.70. The van der Waals surface area contributed by atoms with Crippen LogP contribution in [0.25, 0.3) is 0 Å². The van der Waals surface area contributed by atoms with Crippen LogP contribution in [-0.4, -0.2) is 59.7 Å². The van der Waals surface area contributed by atoms with Crippen molar-refractivity contribution in [3.63, 3.8) is 0 Å². The number of hydrogen-bond donors (Lipinski definition) is 2. The van der Waals surface area contributed by atoms with Crippen LogP contribution in [0.5, 0.6) is 0 Å². The normalized spacial score (nSPS) is 20.5. The summed E-state index contributed by atoms with van der Waals surface area (Å²) in [5, 5.41) is 12.2. The Balaban J connectivity index is 2.66. The van der Waals surface area contributed by atoms with Gasteiger partial charge in [0.25, 0.3) is 0 Å². The molecule has 1 rings (SSSR count). The van der Waals surface area contributed by atoms with Crippen LogP contribution in [0.2, 0.25) is 0 Å². The van der Waals surface area contributed by atoms with E-state index in [0.717, 1.165) is 25.3 Å². The number of aliphatic carboxylic acids is 1. The Bertz CT molecular complexity index is 244. The summed E-state index contributed by atoms with van der Waals surface area (Å²) in [6, 6.07) is 0.469. The van der Waals surface area contributed by atoms with Gasteiger partial charge in [0, 0.05) is 24.9 Å². The standard InChI is InChI=1S/C11H22N2O2S/c1-4-9(6-16-3)13(2)11(5-10(14)15)7-12-8-11/h9,12H,4-8H2,1-3H3,(H,14,15). The van der Waals surface area contributed by atoms with Crippen molar-refractivity contribution in [1.29, 1.82) is 0 Å². The zero-order valence-electron chi connectivity index (χ0n) is 10.3. The van der Waals surface area contributed by atoms with Gasteiger partial charge in [-0.25, -0.2) is 0 Å². The number of carboxylic acids is 1. The topological polar surface area (TPSA) is 52.6 Å². The highest BCUT2D eigenvalue weighted by molar-refractivity contribution is 7.98. The fraction of sp³-hybridized carbons (Fsp3) is 0.909. The Morgan fingerprint density at radius 2 is 2.25 bits per heavy atom. The van der Waals surface area contributed by atoms with Gasteiger partial charge in [0.1, 0.15) is 0 Å². The first-order chi connectivity index (χ1) is 7.55. The van der Waals surface area contributed by atoms with Crippen molar-refractivity contribution in [3.8, 4) is 0 Å². The van der Waals surface area contributed by atoms with E-state index in [0.29, 0.717) is 6.04 Å². The zero-order valence-corrected chi connectivity index (χ0v) is 11.1. The van der Waals surface area contributed by atoms with Gasteiger partial charge in [0.2, 0.25) is 0 Å². The number of rotatable bonds is 7. The number of nitrogens with zero attached hydrogens (tertiary/aromatic N) is 1. The number of thioether (sulfide) groups is 1. The molecular weight excluding hydrogens is 224 g/mol. The van der Waals surface area contributed by atoms with Gasteiger partial charge in [-0.3, -0.25) is 9.69 Å². The van der Waals surface area contributed by atoms with Crippen LogP contribution in [-0.2, 0) is 4.79 Å². The average molecular weight is 246 g/mol. The van der Waals surface area contributed by atoms with Crippen molar-refractivity contribution in [2.75, 3.05) is 32.1 Å². The quantitative estimate of drug-likeness (QED) is 0.698. The van der Waals surface area contributed by atoms with E-state index in [2.05, 4.69) is 30.4 Å². The lowest BCUT2D eigenvalue weighted by molar-refractivity contribution is -0.142. The van der Waals surface area contributed by atoms with E-state index >= 15 is 0 Å². The molecule has 1 fully saturated rings. The van der Waals surface area contributed by atoms with Crippen molar-refractivity contribution in [3.05, 3.63) is 0 Å². The predicted octanol–water partition coefficient (Wildman–Crippen LogP) is 0.877. The van der Waals surface area contributed by atoms with Crippen molar-refractivity contribution >= 4 is 17.7 Å². The Hall–Kier alpha value is -0.260. The van der Waals surface area contributed by atoms with Crippen LogP contribution < -0.4 is 5.32 Å². The molecule has 0 bridgehead atoms. The maximum absolute atomic E-state index is 10.9. The van der Waals surface area contributed by atoms with Crippen LogP contribution in [0.4, 0.5) is 0 Å². The van der Waals surface area contributed by atoms with Gasteiger partial charge in [-0.05, 0) is 19.7 Å². The monoisotopic (exact) mass is 246 g/mol. The number of nitrogens with one attached hydrogen (secondary N) is 1. The highest BCUT2D eigenvalue weighted by Crippen LogP contribution is 2.27. The van der Waals surface area contributed by atoms with E-state index in [1.807, 2.05) is 11.8 Å². The molecule has 1 aliphatic heterocycles. The van der Waals surface area contributed by atoms with Crippen molar-refractivity contribution in [2.45, 2.75) is 31.3 Å². The summed E-state index contributed by atoms with van der Waals surface area (Å²) >= 11 is 1.82. The third kappa shape index (κ3) is 2.90. The number of hydrogen-bond acceptors (Lipinski definition) is 4. The van der Waals surface area contributed by atoms with Gasteiger partial charge in [0.15, 0.2) is 0 Å². The van der Waals surface area contributed by atoms with Crippen molar-refractivity contribution < 1.29 is 9.90 Å². The first-order valence-corrected chi connectivity index (χ1v) is 7.09. The average Bonchev–Trinajstić information content (AvgIpc) is 2.18. The number of carbonyl (C=O) groups is 1. The third-order valence-corrected chi connectivity index (χ3v) is 4.23. The van der Waals surface area contributed by atoms with Gasteiger partial charge in [-0.15, -0.1) is 0 Å². The summed E-state index contributed by atoms with van der Waals surface area (Å²) in [5.74, 6) is 0.362. The first-order valence-electron chi connectivity index (χ1n) is 5.70. The minimum atomic E-state index is -0.702. The second-order valence-corrected chi connectivity index (χ2v) is 5.44. The number of carboxylic acid groups (broad SMARTS) is 1. The lowest BCUT2D eigenvalue weighted by atomic mass is 9.85. The van der Waals surface area contributed by atoms with Gasteiger partial charge < -0.3 is 10.4 Å². The molecule has 94 valence electrons. The second-order valence-electron chi connectivity index (χ2n) is 4.53. The molecule has 1 aliphatic rings. The molecule has 4 nitrogen and oxygen atoms in total. The number of likely N-dealkylation sites (N-methyl/N-ethyl adjacent to an activating group) is 1. The van der Waals surface area contributed by atoms with Crippen LogP contribution in [0.1, 0.15) is 19.8 Å². The van der Waals surface area contributed by atoms with Gasteiger partial charge in [0.05, 0.1) is 12.0 Å². The molecule has 0 aromatic rings. The van der Waals surface area contributed by atoms with E-state index in [1.165, 1.54) is 0 Å². The highest BCUT2D eigenvalue weighted by atomic mass is 32.2. The molecule has 16 heavy (non-hydrogen) atoms. The minimum absolute atomic E-state index is 0.164. The predicted molar refractivity (Wildman–Crippen MR) is 68.1 cm³/mol. The van der Waals surface area contributed by atoms with Crippen LogP contribution in [0, 0.1) is 0 Å². The first kappa shape index (κ1) is 13.8. The lowest BCUT2D eigenvalue weighted by Gasteiger charge is -2.51. The fourth-order valence-corrected chi connectivity index (χ4v) is 3.12. The van der Waals surface area contributed by atoms with Gasteiger partial charge in [-0.1, -0.05) is 6.92 Å². The van der Waals surface area contributed by atoms with E-state index in [-0.39, 0.29) is 12.0 Å².